The molecule has 0 saturated heterocycles. The Labute approximate surface area is 225 Å². The molecule has 2 aromatic carbocycles. The number of carboxylic acids is 1. The van der Waals surface area contributed by atoms with Crippen LogP contribution in [-0.2, 0) is 20.8 Å². The minimum Gasteiger partial charge on any atom is -0.480 e. The molecular formula is C26H32FN7O5. The van der Waals surface area contributed by atoms with Crippen molar-refractivity contribution >= 4 is 29.7 Å². The molecule has 1 heterocycles. The average Bonchev–Trinajstić information content (AvgIpc) is 2.93. The lowest BCUT2D eigenvalue weighted by Crippen LogP contribution is -2.27. The van der Waals surface area contributed by atoms with Gasteiger partial charge in [-0.1, -0.05) is 30.3 Å². The number of nitrogens with one attached hydrogen (secondary N) is 4. The van der Waals surface area contributed by atoms with Gasteiger partial charge in [-0.05, 0) is 36.8 Å². The van der Waals surface area contributed by atoms with Gasteiger partial charge < -0.3 is 35.8 Å². The molecule has 0 aliphatic rings. The van der Waals surface area contributed by atoms with Crippen LogP contribution in [0.3, 0.4) is 0 Å². The summed E-state index contributed by atoms with van der Waals surface area (Å²) < 4.78 is 24.5. The van der Waals surface area contributed by atoms with Crippen molar-refractivity contribution < 1.29 is 28.6 Å². The molecule has 0 aliphatic heterocycles. The number of hydrogen-bond acceptors (Lipinski definition) is 10. The molecule has 0 bridgehead atoms. The van der Waals surface area contributed by atoms with Crippen LogP contribution in [0.1, 0.15) is 22.8 Å². The topological polar surface area (TPSA) is 160 Å². The van der Waals surface area contributed by atoms with Gasteiger partial charge in [-0.15, -0.1) is 0 Å². The predicted octanol–water partition coefficient (Wildman–Crippen LogP) is 2.38. The van der Waals surface area contributed by atoms with E-state index in [-0.39, 0.29) is 36.1 Å². The Morgan fingerprint density at radius 3 is 2.23 bits per heavy atom. The second-order valence-electron chi connectivity index (χ2n) is 8.27. The predicted molar refractivity (Wildman–Crippen MR) is 143 cm³/mol. The zero-order valence-corrected chi connectivity index (χ0v) is 21.5. The van der Waals surface area contributed by atoms with Crippen molar-refractivity contribution in [2.24, 2.45) is 0 Å². The third kappa shape index (κ3) is 10.9. The summed E-state index contributed by atoms with van der Waals surface area (Å²) in [4.78, 5) is 35.9. The molecule has 5 N–H and O–H groups in total. The van der Waals surface area contributed by atoms with Crippen molar-refractivity contribution in [3.8, 4) is 0 Å². The van der Waals surface area contributed by atoms with Gasteiger partial charge >= 0.3 is 5.97 Å². The molecule has 0 saturated carbocycles. The molecule has 0 fully saturated rings. The first-order valence-electron chi connectivity index (χ1n) is 12.4. The standard InChI is InChI=1S/C26H32FN7O5/c1-18(23(36)37)31-26-33-24(32-25(34-26)30-17-19-6-5-9-21(27)16-19)29-11-13-39-15-14-38-12-10-28-22(35)20-7-3-2-4-8-20/h2-9,16,18H,10-15,17H2,1H3,(H,28,35)(H,36,37)(H3,29,30,31,32,33,34)/t18-/m0/s1. The first kappa shape index (κ1) is 29.2. The van der Waals surface area contributed by atoms with E-state index in [4.69, 9.17) is 9.47 Å². The highest BCUT2D eigenvalue weighted by Crippen LogP contribution is 2.12. The van der Waals surface area contributed by atoms with Gasteiger partial charge in [-0.3, -0.25) is 9.59 Å². The fourth-order valence-electron chi connectivity index (χ4n) is 3.17. The largest absolute Gasteiger partial charge is 0.480 e. The third-order valence-corrected chi connectivity index (χ3v) is 5.16. The smallest absolute Gasteiger partial charge is 0.325 e. The van der Waals surface area contributed by atoms with E-state index < -0.39 is 12.0 Å². The van der Waals surface area contributed by atoms with Crippen molar-refractivity contribution in [1.29, 1.82) is 0 Å². The Morgan fingerprint density at radius 1 is 0.872 bits per heavy atom. The fourth-order valence-corrected chi connectivity index (χ4v) is 3.17. The second kappa shape index (κ2) is 15.8. The van der Waals surface area contributed by atoms with Crippen LogP contribution < -0.4 is 21.3 Å². The number of carbonyl (C=O) groups is 2. The van der Waals surface area contributed by atoms with E-state index in [2.05, 4.69) is 36.2 Å². The first-order valence-corrected chi connectivity index (χ1v) is 12.4. The van der Waals surface area contributed by atoms with Gasteiger partial charge in [-0.25, -0.2) is 4.39 Å². The number of halogens is 1. The molecule has 13 heteroatoms. The maximum atomic E-state index is 13.5. The summed E-state index contributed by atoms with van der Waals surface area (Å²) in [6.45, 7) is 3.90. The number of amides is 1. The summed E-state index contributed by atoms with van der Waals surface area (Å²) >= 11 is 0. The van der Waals surface area contributed by atoms with Crippen LogP contribution in [-0.4, -0.2) is 77.5 Å². The van der Waals surface area contributed by atoms with Crippen LogP contribution in [0.25, 0.3) is 0 Å². The molecule has 0 radical (unpaired) electrons. The zero-order valence-electron chi connectivity index (χ0n) is 21.5. The Hall–Kier alpha value is -4.36. The number of aliphatic carboxylic acids is 1. The number of hydrogen-bond donors (Lipinski definition) is 5. The maximum Gasteiger partial charge on any atom is 0.325 e. The second-order valence-corrected chi connectivity index (χ2v) is 8.27. The van der Waals surface area contributed by atoms with E-state index in [1.54, 1.807) is 36.4 Å². The van der Waals surface area contributed by atoms with Crippen LogP contribution in [0.5, 0.6) is 0 Å². The van der Waals surface area contributed by atoms with Gasteiger partial charge in [0.1, 0.15) is 11.9 Å². The van der Waals surface area contributed by atoms with Crippen LogP contribution in [0.4, 0.5) is 22.2 Å². The fraction of sp³-hybridized carbons (Fsp3) is 0.346. The maximum absolute atomic E-state index is 13.5. The van der Waals surface area contributed by atoms with Crippen LogP contribution >= 0.6 is 0 Å². The van der Waals surface area contributed by atoms with E-state index in [1.807, 2.05) is 6.07 Å². The number of rotatable bonds is 17. The van der Waals surface area contributed by atoms with Crippen molar-refractivity contribution in [1.82, 2.24) is 20.3 Å². The first-order chi connectivity index (χ1) is 18.9. The molecule has 12 nitrogen and oxygen atoms in total. The Balaban J connectivity index is 1.38. The highest BCUT2D eigenvalue weighted by atomic mass is 19.1. The van der Waals surface area contributed by atoms with Crippen LogP contribution in [0, 0.1) is 5.82 Å². The molecule has 39 heavy (non-hydrogen) atoms. The molecule has 0 spiro atoms. The molecular weight excluding hydrogens is 509 g/mol. The Kier molecular flexibility index (Phi) is 11.8. The van der Waals surface area contributed by atoms with Gasteiger partial charge in [0.25, 0.3) is 5.91 Å². The van der Waals surface area contributed by atoms with Crippen molar-refractivity contribution in [3.63, 3.8) is 0 Å². The molecule has 1 amide bonds. The lowest BCUT2D eigenvalue weighted by atomic mass is 10.2. The lowest BCUT2D eigenvalue weighted by molar-refractivity contribution is -0.137. The van der Waals surface area contributed by atoms with Crippen molar-refractivity contribution in [2.45, 2.75) is 19.5 Å². The number of benzene rings is 2. The van der Waals surface area contributed by atoms with Crippen LogP contribution in [0.2, 0.25) is 0 Å². The molecule has 1 atom stereocenters. The molecule has 0 unspecified atom stereocenters. The summed E-state index contributed by atoms with van der Waals surface area (Å²) in [5.41, 5.74) is 1.29. The van der Waals surface area contributed by atoms with Crippen molar-refractivity contribution in [3.05, 3.63) is 71.5 Å². The van der Waals surface area contributed by atoms with Gasteiger partial charge in [0, 0.05) is 25.2 Å². The van der Waals surface area contributed by atoms with E-state index in [9.17, 15) is 19.1 Å². The number of nitrogens with zero attached hydrogens (tertiary/aromatic N) is 3. The van der Waals surface area contributed by atoms with E-state index >= 15 is 0 Å². The molecule has 208 valence electrons. The normalized spacial score (nSPS) is 11.4. The summed E-state index contributed by atoms with van der Waals surface area (Å²) in [6.07, 6.45) is 0. The monoisotopic (exact) mass is 541 g/mol. The number of carboxylic acid groups (broad SMARTS) is 1. The summed E-state index contributed by atoms with van der Waals surface area (Å²) in [7, 11) is 0. The van der Waals surface area contributed by atoms with Crippen molar-refractivity contribution in [2.75, 3.05) is 55.5 Å². The van der Waals surface area contributed by atoms with E-state index in [0.717, 1.165) is 0 Å². The lowest BCUT2D eigenvalue weighted by Gasteiger charge is -2.13. The quantitative estimate of drug-likeness (QED) is 0.160. The minimum absolute atomic E-state index is 0.0674. The zero-order chi connectivity index (χ0) is 27.9. The van der Waals surface area contributed by atoms with Gasteiger partial charge in [0.15, 0.2) is 0 Å². The highest BCUT2D eigenvalue weighted by molar-refractivity contribution is 5.94. The Morgan fingerprint density at radius 2 is 1.54 bits per heavy atom. The van der Waals surface area contributed by atoms with Gasteiger partial charge in [0.05, 0.1) is 26.4 Å². The number of carbonyl (C=O) groups excluding carboxylic acids is 1. The molecule has 1 aromatic heterocycles. The Bertz CT molecular complexity index is 1200. The SMILES string of the molecule is C[C@H](Nc1nc(NCCOCCOCCNC(=O)c2ccccc2)nc(NCc2cccc(F)c2)n1)C(=O)O. The minimum atomic E-state index is -1.06. The number of aromatic nitrogens is 3. The molecule has 0 aliphatic carbocycles. The third-order valence-electron chi connectivity index (χ3n) is 5.16. The van der Waals surface area contributed by atoms with Crippen LogP contribution in [0.15, 0.2) is 54.6 Å². The highest BCUT2D eigenvalue weighted by Gasteiger charge is 2.14. The average molecular weight is 542 g/mol. The number of anilines is 3. The summed E-state index contributed by atoms with van der Waals surface area (Å²) in [5, 5.41) is 20.7. The van der Waals surface area contributed by atoms with Gasteiger partial charge in [-0.2, -0.15) is 15.0 Å². The summed E-state index contributed by atoms with van der Waals surface area (Å²) in [5.74, 6) is -1.11. The van der Waals surface area contributed by atoms with Gasteiger partial charge in [0.2, 0.25) is 17.8 Å². The molecule has 3 aromatic rings. The number of ether oxygens (including phenoxy) is 2. The summed E-state index contributed by atoms with van der Waals surface area (Å²) in [6, 6.07) is 14.1. The van der Waals surface area contributed by atoms with E-state index in [1.165, 1.54) is 19.1 Å². The van der Waals surface area contributed by atoms with E-state index in [0.29, 0.717) is 50.6 Å². The molecule has 3 rings (SSSR count).